The van der Waals surface area contributed by atoms with Gasteiger partial charge in [0, 0.05) is 6.92 Å². The lowest BCUT2D eigenvalue weighted by Gasteiger charge is -2.11. The number of rotatable bonds is 2. The second-order valence-corrected chi connectivity index (χ2v) is 2.83. The lowest BCUT2D eigenvalue weighted by molar-refractivity contribution is -0.119. The molecule has 0 heterocycles. The molecule has 0 aromatic heterocycles. The van der Waals surface area contributed by atoms with Crippen LogP contribution >= 0.6 is 0 Å². The third-order valence-corrected chi connectivity index (χ3v) is 1.72. The van der Waals surface area contributed by atoms with E-state index >= 15 is 0 Å². The number of carbonyl (C=O) groups excluding carboxylic acids is 1. The number of benzene rings is 1. The predicted octanol–water partition coefficient (Wildman–Crippen LogP) is 2.52. The summed E-state index contributed by atoms with van der Waals surface area (Å²) in [4.78, 5) is 10.7. The second kappa shape index (κ2) is 5.36. The standard InChI is InChI=1S/C10H13NO.CH4/c1-8(11-9(2)12)10-6-4-3-5-7-10;/h3-8H,1-2H3,(H,11,12);1H4/t8-;/m1./s1. The molecule has 1 aromatic carbocycles. The predicted molar refractivity (Wildman–Crippen MR) is 55.4 cm³/mol. The van der Waals surface area contributed by atoms with Gasteiger partial charge in [0.1, 0.15) is 0 Å². The molecule has 0 fully saturated rings. The van der Waals surface area contributed by atoms with E-state index in [0.717, 1.165) is 5.56 Å². The van der Waals surface area contributed by atoms with Crippen LogP contribution < -0.4 is 5.32 Å². The van der Waals surface area contributed by atoms with Gasteiger partial charge in [0.2, 0.25) is 5.91 Å². The van der Waals surface area contributed by atoms with Crippen molar-refractivity contribution in [2.45, 2.75) is 27.3 Å². The average Bonchev–Trinajstić information content (AvgIpc) is 2.05. The molecule has 0 unspecified atom stereocenters. The Labute approximate surface area is 80.0 Å². The van der Waals surface area contributed by atoms with E-state index in [1.165, 1.54) is 6.92 Å². The van der Waals surface area contributed by atoms with Crippen LogP contribution in [0.25, 0.3) is 0 Å². The molecule has 1 N–H and O–H groups in total. The SMILES string of the molecule is C.CC(=O)N[C@H](C)c1ccccc1. The fraction of sp³-hybridized carbons (Fsp3) is 0.364. The molecule has 0 radical (unpaired) electrons. The van der Waals surface area contributed by atoms with Crippen molar-refractivity contribution in [2.75, 3.05) is 0 Å². The van der Waals surface area contributed by atoms with E-state index in [9.17, 15) is 4.79 Å². The molecule has 0 saturated carbocycles. The summed E-state index contributed by atoms with van der Waals surface area (Å²) in [5.74, 6) is 0.00588. The summed E-state index contributed by atoms with van der Waals surface area (Å²) in [6.45, 7) is 3.50. The zero-order valence-corrected chi connectivity index (χ0v) is 7.37. The van der Waals surface area contributed by atoms with Gasteiger partial charge in [0.25, 0.3) is 0 Å². The third-order valence-electron chi connectivity index (χ3n) is 1.72. The molecule has 1 atom stereocenters. The van der Waals surface area contributed by atoms with Gasteiger partial charge in [-0.3, -0.25) is 4.79 Å². The fourth-order valence-corrected chi connectivity index (χ4v) is 1.13. The number of carbonyl (C=O) groups is 1. The topological polar surface area (TPSA) is 29.1 Å². The Morgan fingerprint density at radius 2 is 1.85 bits per heavy atom. The summed E-state index contributed by atoms with van der Waals surface area (Å²) in [6, 6.07) is 10.00. The van der Waals surface area contributed by atoms with E-state index in [4.69, 9.17) is 0 Å². The van der Waals surface area contributed by atoms with E-state index in [-0.39, 0.29) is 19.4 Å². The minimum absolute atomic E-state index is 0. The Morgan fingerprint density at radius 1 is 1.31 bits per heavy atom. The van der Waals surface area contributed by atoms with Crippen molar-refractivity contribution < 1.29 is 4.79 Å². The molecule has 0 saturated heterocycles. The Morgan fingerprint density at radius 3 is 2.31 bits per heavy atom. The van der Waals surface area contributed by atoms with Crippen LogP contribution in [-0.2, 0) is 4.79 Å². The average molecular weight is 179 g/mol. The molecule has 1 rings (SSSR count). The van der Waals surface area contributed by atoms with E-state index in [0.29, 0.717) is 0 Å². The molecular weight excluding hydrogens is 162 g/mol. The number of nitrogens with one attached hydrogen (secondary N) is 1. The summed E-state index contributed by atoms with van der Waals surface area (Å²) in [5.41, 5.74) is 1.13. The lowest BCUT2D eigenvalue weighted by atomic mass is 10.1. The normalized spacial score (nSPS) is 11.2. The highest BCUT2D eigenvalue weighted by Gasteiger charge is 2.03. The van der Waals surface area contributed by atoms with Gasteiger partial charge in [-0.1, -0.05) is 37.8 Å². The first-order valence-electron chi connectivity index (χ1n) is 4.02. The van der Waals surface area contributed by atoms with Crippen LogP contribution in [0.4, 0.5) is 0 Å². The van der Waals surface area contributed by atoms with E-state index < -0.39 is 0 Å². The minimum Gasteiger partial charge on any atom is -0.350 e. The molecule has 0 aliphatic heterocycles. The van der Waals surface area contributed by atoms with E-state index in [1.54, 1.807) is 0 Å². The highest BCUT2D eigenvalue weighted by atomic mass is 16.1. The first-order chi connectivity index (χ1) is 5.70. The van der Waals surface area contributed by atoms with Gasteiger partial charge < -0.3 is 5.32 Å². The first-order valence-corrected chi connectivity index (χ1v) is 4.02. The van der Waals surface area contributed by atoms with Crippen LogP contribution in [-0.4, -0.2) is 5.91 Å². The monoisotopic (exact) mass is 179 g/mol. The van der Waals surface area contributed by atoms with Gasteiger partial charge in [-0.05, 0) is 12.5 Å². The lowest BCUT2D eigenvalue weighted by Crippen LogP contribution is -2.23. The Bertz CT molecular complexity index is 256. The van der Waals surface area contributed by atoms with Crippen LogP contribution in [0.3, 0.4) is 0 Å². The highest BCUT2D eigenvalue weighted by Crippen LogP contribution is 2.10. The van der Waals surface area contributed by atoms with Crippen molar-refractivity contribution in [1.29, 1.82) is 0 Å². The summed E-state index contributed by atoms with van der Waals surface area (Å²) < 4.78 is 0. The van der Waals surface area contributed by atoms with Crippen molar-refractivity contribution in [3.8, 4) is 0 Å². The molecule has 0 aliphatic carbocycles. The molecule has 13 heavy (non-hydrogen) atoms. The molecule has 2 nitrogen and oxygen atoms in total. The summed E-state index contributed by atoms with van der Waals surface area (Å²) >= 11 is 0. The summed E-state index contributed by atoms with van der Waals surface area (Å²) in [5, 5.41) is 2.82. The number of hydrogen-bond acceptors (Lipinski definition) is 1. The van der Waals surface area contributed by atoms with Crippen LogP contribution in [0.1, 0.15) is 32.9 Å². The molecule has 0 aliphatic rings. The zero-order valence-electron chi connectivity index (χ0n) is 7.37. The van der Waals surface area contributed by atoms with E-state index in [2.05, 4.69) is 5.32 Å². The summed E-state index contributed by atoms with van der Waals surface area (Å²) in [7, 11) is 0. The zero-order chi connectivity index (χ0) is 8.97. The van der Waals surface area contributed by atoms with Gasteiger partial charge in [-0.15, -0.1) is 0 Å². The Balaban J connectivity index is 0.00000144. The molecule has 1 amide bonds. The van der Waals surface area contributed by atoms with Crippen LogP contribution in [0.2, 0.25) is 0 Å². The van der Waals surface area contributed by atoms with Gasteiger partial charge in [-0.2, -0.15) is 0 Å². The molecule has 72 valence electrons. The van der Waals surface area contributed by atoms with Crippen molar-refractivity contribution in [3.63, 3.8) is 0 Å². The largest absolute Gasteiger partial charge is 0.350 e. The first kappa shape index (κ1) is 11.7. The van der Waals surface area contributed by atoms with Crippen molar-refractivity contribution in [3.05, 3.63) is 35.9 Å². The molecule has 2 heteroatoms. The molecule has 0 spiro atoms. The summed E-state index contributed by atoms with van der Waals surface area (Å²) in [6.07, 6.45) is 0. The number of hydrogen-bond donors (Lipinski definition) is 1. The smallest absolute Gasteiger partial charge is 0.217 e. The maximum absolute atomic E-state index is 10.7. The Hall–Kier alpha value is -1.31. The van der Waals surface area contributed by atoms with Crippen molar-refractivity contribution in [1.82, 2.24) is 5.32 Å². The van der Waals surface area contributed by atoms with Gasteiger partial charge in [-0.25, -0.2) is 0 Å². The maximum Gasteiger partial charge on any atom is 0.217 e. The van der Waals surface area contributed by atoms with Crippen LogP contribution in [0, 0.1) is 0 Å². The Kier molecular flexibility index (Phi) is 4.82. The van der Waals surface area contributed by atoms with Crippen LogP contribution in [0.15, 0.2) is 30.3 Å². The second-order valence-electron chi connectivity index (χ2n) is 2.83. The van der Waals surface area contributed by atoms with E-state index in [1.807, 2.05) is 37.3 Å². The fourth-order valence-electron chi connectivity index (χ4n) is 1.13. The number of amides is 1. The molecule has 0 bridgehead atoms. The third kappa shape index (κ3) is 3.74. The highest BCUT2D eigenvalue weighted by molar-refractivity contribution is 5.73. The van der Waals surface area contributed by atoms with Crippen molar-refractivity contribution in [2.24, 2.45) is 0 Å². The maximum atomic E-state index is 10.7. The molecular formula is C11H17NO. The van der Waals surface area contributed by atoms with Gasteiger partial charge >= 0.3 is 0 Å². The molecule has 1 aromatic rings. The quantitative estimate of drug-likeness (QED) is 0.742. The van der Waals surface area contributed by atoms with Crippen molar-refractivity contribution >= 4 is 5.91 Å². The van der Waals surface area contributed by atoms with Crippen LogP contribution in [0.5, 0.6) is 0 Å². The minimum atomic E-state index is 0. The van der Waals surface area contributed by atoms with Gasteiger partial charge in [0.05, 0.1) is 6.04 Å². The van der Waals surface area contributed by atoms with Gasteiger partial charge in [0.15, 0.2) is 0 Å².